The van der Waals surface area contributed by atoms with Crippen LogP contribution in [0.3, 0.4) is 0 Å². The normalized spacial score (nSPS) is 14.4. The molecule has 1 amide bonds. The lowest BCUT2D eigenvalue weighted by molar-refractivity contribution is -0.132. The molecule has 0 aliphatic heterocycles. The number of amides is 1. The molecule has 0 heterocycles. The van der Waals surface area contributed by atoms with Crippen LogP contribution in [0, 0.1) is 0 Å². The summed E-state index contributed by atoms with van der Waals surface area (Å²) >= 11 is 17.7. The highest BCUT2D eigenvalue weighted by Gasteiger charge is 2.38. The second-order valence-corrected chi connectivity index (χ2v) is 11.9. The summed E-state index contributed by atoms with van der Waals surface area (Å²) in [6, 6.07) is 0. The molecule has 0 fully saturated rings. The van der Waals surface area contributed by atoms with Crippen molar-refractivity contribution >= 4 is 49.0 Å². The third kappa shape index (κ3) is 7.19. The van der Waals surface area contributed by atoms with Gasteiger partial charge in [0.25, 0.3) is 0 Å². The minimum Gasteiger partial charge on any atom is -0.410 e. The molecule has 7 heteroatoms. The molecular weight excluding hydrogens is 313 g/mol. The lowest BCUT2D eigenvalue weighted by Crippen LogP contribution is -2.43. The Kier molecular flexibility index (Phi) is 7.55. The van der Waals surface area contributed by atoms with Gasteiger partial charge in [0, 0.05) is 13.1 Å². The van der Waals surface area contributed by atoms with Crippen LogP contribution in [-0.4, -0.2) is 42.1 Å². The number of rotatable bonds is 6. The quantitative estimate of drug-likeness (QED) is 0.545. The van der Waals surface area contributed by atoms with Crippen molar-refractivity contribution < 1.29 is 9.22 Å². The van der Waals surface area contributed by atoms with Crippen molar-refractivity contribution in [1.29, 1.82) is 0 Å². The Balaban J connectivity index is 4.76. The molecule has 18 heavy (non-hydrogen) atoms. The van der Waals surface area contributed by atoms with Crippen LogP contribution < -0.4 is 0 Å². The van der Waals surface area contributed by atoms with E-state index >= 15 is 0 Å². The van der Waals surface area contributed by atoms with E-state index in [9.17, 15) is 4.79 Å². The number of carbonyl (C=O) groups is 1. The standard InChI is InChI=1S/C11H22Cl3NO2Si/c1-6-15(7-2)10(16)8-9(11(12,13)14)17-18(3,4)5/h9H,6-8H2,1-5H3. The smallest absolute Gasteiger partial charge is 0.225 e. The largest absolute Gasteiger partial charge is 0.410 e. The molecular formula is C11H22Cl3NO2Si. The molecule has 1 atom stereocenters. The molecule has 0 aromatic heterocycles. The van der Waals surface area contributed by atoms with Crippen molar-refractivity contribution in [1.82, 2.24) is 4.90 Å². The van der Waals surface area contributed by atoms with Crippen molar-refractivity contribution in [2.45, 2.75) is 49.8 Å². The molecule has 0 aromatic rings. The summed E-state index contributed by atoms with van der Waals surface area (Å²) in [6.45, 7) is 11.1. The van der Waals surface area contributed by atoms with E-state index in [2.05, 4.69) is 0 Å². The van der Waals surface area contributed by atoms with E-state index in [1.165, 1.54) is 0 Å². The molecule has 108 valence electrons. The third-order valence-corrected chi connectivity index (χ3v) is 4.06. The zero-order valence-electron chi connectivity index (χ0n) is 11.6. The second kappa shape index (κ2) is 7.34. The Hall–Kier alpha value is 0.517. The summed E-state index contributed by atoms with van der Waals surface area (Å²) in [5.74, 6) is -0.0467. The summed E-state index contributed by atoms with van der Waals surface area (Å²) in [5, 5.41) is 0. The minimum absolute atomic E-state index is 0.0467. The van der Waals surface area contributed by atoms with E-state index < -0.39 is 18.2 Å². The van der Waals surface area contributed by atoms with Gasteiger partial charge in [-0.1, -0.05) is 34.8 Å². The second-order valence-electron chi connectivity index (χ2n) is 5.03. The molecule has 0 N–H and O–H groups in total. The fourth-order valence-electron chi connectivity index (χ4n) is 1.51. The molecule has 0 bridgehead atoms. The van der Waals surface area contributed by atoms with Gasteiger partial charge < -0.3 is 9.33 Å². The first-order chi connectivity index (χ1) is 8.01. The van der Waals surface area contributed by atoms with Crippen LogP contribution in [0.15, 0.2) is 0 Å². The van der Waals surface area contributed by atoms with E-state index in [0.717, 1.165) is 0 Å². The predicted octanol–water partition coefficient (Wildman–Crippen LogP) is 3.84. The zero-order chi connectivity index (χ0) is 14.6. The lowest BCUT2D eigenvalue weighted by Gasteiger charge is -2.32. The lowest BCUT2D eigenvalue weighted by atomic mass is 10.2. The first kappa shape index (κ1) is 18.5. The molecule has 0 aliphatic carbocycles. The van der Waals surface area contributed by atoms with Gasteiger partial charge in [-0.15, -0.1) is 0 Å². The van der Waals surface area contributed by atoms with Crippen molar-refractivity contribution in [2.24, 2.45) is 0 Å². The van der Waals surface area contributed by atoms with Gasteiger partial charge in [-0.25, -0.2) is 0 Å². The highest BCUT2D eigenvalue weighted by molar-refractivity contribution is 6.71. The van der Waals surface area contributed by atoms with Crippen LogP contribution in [0.2, 0.25) is 19.6 Å². The maximum Gasteiger partial charge on any atom is 0.225 e. The molecule has 0 rings (SSSR count). The summed E-state index contributed by atoms with van der Waals surface area (Å²) in [4.78, 5) is 13.7. The summed E-state index contributed by atoms with van der Waals surface area (Å²) in [6.07, 6.45) is -0.593. The third-order valence-electron chi connectivity index (χ3n) is 2.34. The van der Waals surface area contributed by atoms with E-state index in [-0.39, 0.29) is 12.3 Å². The summed E-state index contributed by atoms with van der Waals surface area (Å²) in [7, 11) is -1.88. The fourth-order valence-corrected chi connectivity index (χ4v) is 3.22. The highest BCUT2D eigenvalue weighted by atomic mass is 35.6. The van der Waals surface area contributed by atoms with E-state index in [4.69, 9.17) is 39.2 Å². The molecule has 0 spiro atoms. The van der Waals surface area contributed by atoms with Crippen molar-refractivity contribution in [3.63, 3.8) is 0 Å². The van der Waals surface area contributed by atoms with E-state index in [0.29, 0.717) is 13.1 Å². The SMILES string of the molecule is CCN(CC)C(=O)CC(O[Si](C)(C)C)C(Cl)(Cl)Cl. The number of hydrogen-bond donors (Lipinski definition) is 0. The van der Waals surface area contributed by atoms with Gasteiger partial charge in [-0.2, -0.15) is 0 Å². The van der Waals surface area contributed by atoms with E-state index in [1.807, 2.05) is 33.5 Å². The van der Waals surface area contributed by atoms with Gasteiger partial charge in [-0.05, 0) is 33.5 Å². The average Bonchev–Trinajstić information content (AvgIpc) is 2.15. The topological polar surface area (TPSA) is 29.5 Å². The first-order valence-electron chi connectivity index (χ1n) is 6.03. The summed E-state index contributed by atoms with van der Waals surface area (Å²) < 4.78 is 4.23. The van der Waals surface area contributed by atoms with E-state index in [1.54, 1.807) is 4.90 Å². The Morgan fingerprint density at radius 3 is 1.94 bits per heavy atom. The average molecular weight is 335 g/mol. The van der Waals surface area contributed by atoms with Gasteiger partial charge in [0.15, 0.2) is 8.32 Å². The molecule has 0 aromatic carbocycles. The van der Waals surface area contributed by atoms with Crippen LogP contribution in [-0.2, 0) is 9.22 Å². The van der Waals surface area contributed by atoms with Crippen LogP contribution in [0.25, 0.3) is 0 Å². The van der Waals surface area contributed by atoms with Gasteiger partial charge in [-0.3, -0.25) is 4.79 Å². The Morgan fingerprint density at radius 1 is 1.22 bits per heavy atom. The number of alkyl halides is 3. The maximum absolute atomic E-state index is 12.0. The summed E-state index contributed by atoms with van der Waals surface area (Å²) in [5.41, 5.74) is 0. The molecule has 0 saturated carbocycles. The Morgan fingerprint density at radius 2 is 1.67 bits per heavy atom. The van der Waals surface area contributed by atoms with Crippen LogP contribution >= 0.6 is 34.8 Å². The van der Waals surface area contributed by atoms with Crippen molar-refractivity contribution in [2.75, 3.05) is 13.1 Å². The first-order valence-corrected chi connectivity index (χ1v) is 10.6. The van der Waals surface area contributed by atoms with Gasteiger partial charge in [0.1, 0.15) is 6.10 Å². The Bertz CT molecular complexity index is 272. The van der Waals surface area contributed by atoms with Gasteiger partial charge in [0.2, 0.25) is 9.70 Å². The number of hydrogen-bond acceptors (Lipinski definition) is 2. The van der Waals surface area contributed by atoms with Crippen molar-refractivity contribution in [3.05, 3.63) is 0 Å². The minimum atomic E-state index is -1.88. The Labute approximate surface area is 126 Å². The number of nitrogens with zero attached hydrogens (tertiary/aromatic N) is 1. The number of carbonyl (C=O) groups excluding carboxylic acids is 1. The van der Waals surface area contributed by atoms with Crippen LogP contribution in [0.5, 0.6) is 0 Å². The van der Waals surface area contributed by atoms with Crippen molar-refractivity contribution in [3.8, 4) is 0 Å². The molecule has 3 nitrogen and oxygen atoms in total. The van der Waals surface area contributed by atoms with Crippen LogP contribution in [0.4, 0.5) is 0 Å². The monoisotopic (exact) mass is 333 g/mol. The molecule has 1 unspecified atom stereocenters. The molecule has 0 saturated heterocycles. The molecule has 0 aliphatic rings. The predicted molar refractivity (Wildman–Crippen MR) is 81.1 cm³/mol. The fraction of sp³-hybridized carbons (Fsp3) is 0.909. The molecule has 0 radical (unpaired) electrons. The highest BCUT2D eigenvalue weighted by Crippen LogP contribution is 2.35. The zero-order valence-corrected chi connectivity index (χ0v) is 14.9. The maximum atomic E-state index is 12.0. The van der Waals surface area contributed by atoms with Gasteiger partial charge >= 0.3 is 0 Å². The van der Waals surface area contributed by atoms with Crippen LogP contribution in [0.1, 0.15) is 20.3 Å². The van der Waals surface area contributed by atoms with Gasteiger partial charge in [0.05, 0.1) is 6.42 Å². The number of halogens is 3.